The van der Waals surface area contributed by atoms with Crippen molar-refractivity contribution < 1.29 is 18.3 Å². The lowest BCUT2D eigenvalue weighted by Crippen LogP contribution is -2.29. The Hall–Kier alpha value is -3.93. The Kier molecular flexibility index (Phi) is 4.36. The summed E-state index contributed by atoms with van der Waals surface area (Å²) in [7, 11) is 1.56. The van der Waals surface area contributed by atoms with E-state index in [-0.39, 0.29) is 16.8 Å². The highest BCUT2D eigenvalue weighted by Crippen LogP contribution is 2.41. The van der Waals surface area contributed by atoms with Crippen molar-refractivity contribution in [1.82, 2.24) is 0 Å². The van der Waals surface area contributed by atoms with E-state index in [1.807, 2.05) is 13.0 Å². The van der Waals surface area contributed by atoms with Crippen LogP contribution in [0.2, 0.25) is 0 Å². The Labute approximate surface area is 177 Å². The SMILES string of the molecule is COc1ccc(N2C(=O)c3oc4ccc(C)cc4c(=O)c3C2c2ccc(F)cc2)cc1. The van der Waals surface area contributed by atoms with Crippen LogP contribution in [0.5, 0.6) is 5.75 Å². The quantitative estimate of drug-likeness (QED) is 0.473. The maximum atomic E-state index is 13.6. The van der Waals surface area contributed by atoms with Crippen LogP contribution in [0.25, 0.3) is 11.0 Å². The zero-order valence-corrected chi connectivity index (χ0v) is 16.9. The fraction of sp³-hybridized carbons (Fsp3) is 0.120. The number of ether oxygens (including phenoxy) is 1. The van der Waals surface area contributed by atoms with Gasteiger partial charge in [0, 0.05) is 5.69 Å². The summed E-state index contributed by atoms with van der Waals surface area (Å²) in [6, 6.07) is 17.3. The van der Waals surface area contributed by atoms with Crippen LogP contribution in [0.1, 0.15) is 33.3 Å². The van der Waals surface area contributed by atoms with E-state index in [2.05, 4.69) is 0 Å². The number of halogens is 1. The highest BCUT2D eigenvalue weighted by atomic mass is 19.1. The van der Waals surface area contributed by atoms with Crippen LogP contribution in [0.15, 0.2) is 75.9 Å². The number of methoxy groups -OCH3 is 1. The van der Waals surface area contributed by atoms with E-state index in [1.165, 1.54) is 17.0 Å². The van der Waals surface area contributed by atoms with Crippen LogP contribution in [-0.4, -0.2) is 13.0 Å². The zero-order valence-electron chi connectivity index (χ0n) is 16.9. The Morgan fingerprint density at radius 3 is 2.35 bits per heavy atom. The van der Waals surface area contributed by atoms with Gasteiger partial charge in [0.15, 0.2) is 5.43 Å². The molecule has 3 aromatic carbocycles. The average Bonchev–Trinajstić information content (AvgIpc) is 3.07. The van der Waals surface area contributed by atoms with Gasteiger partial charge < -0.3 is 9.15 Å². The average molecular weight is 415 g/mol. The molecule has 31 heavy (non-hydrogen) atoms. The van der Waals surface area contributed by atoms with Crippen LogP contribution in [0.3, 0.4) is 0 Å². The van der Waals surface area contributed by atoms with E-state index in [0.29, 0.717) is 28.0 Å². The Morgan fingerprint density at radius 1 is 0.968 bits per heavy atom. The first-order valence-corrected chi connectivity index (χ1v) is 9.78. The molecule has 1 aliphatic rings. The molecule has 6 heteroatoms. The number of carbonyl (C=O) groups is 1. The third-order valence-electron chi connectivity index (χ3n) is 5.56. The number of hydrogen-bond acceptors (Lipinski definition) is 4. The molecule has 0 aliphatic carbocycles. The first-order valence-electron chi connectivity index (χ1n) is 9.78. The molecule has 0 radical (unpaired) electrons. The van der Waals surface area contributed by atoms with Crippen molar-refractivity contribution in [3.8, 4) is 5.75 Å². The van der Waals surface area contributed by atoms with Gasteiger partial charge >= 0.3 is 0 Å². The minimum absolute atomic E-state index is 0.00601. The van der Waals surface area contributed by atoms with Gasteiger partial charge in [-0.25, -0.2) is 4.39 Å². The van der Waals surface area contributed by atoms with Gasteiger partial charge in [-0.1, -0.05) is 23.8 Å². The summed E-state index contributed by atoms with van der Waals surface area (Å²) in [6.45, 7) is 1.89. The normalized spacial score (nSPS) is 15.4. The van der Waals surface area contributed by atoms with Crippen LogP contribution < -0.4 is 15.1 Å². The molecule has 1 unspecified atom stereocenters. The van der Waals surface area contributed by atoms with Crippen LogP contribution in [-0.2, 0) is 0 Å². The number of amides is 1. The van der Waals surface area contributed by atoms with Gasteiger partial charge in [-0.05, 0) is 61.0 Å². The van der Waals surface area contributed by atoms with Gasteiger partial charge in [0.05, 0.1) is 24.1 Å². The molecule has 0 N–H and O–H groups in total. The fourth-order valence-electron chi connectivity index (χ4n) is 4.06. The van der Waals surface area contributed by atoms with E-state index in [9.17, 15) is 14.0 Å². The number of hydrogen-bond donors (Lipinski definition) is 0. The van der Waals surface area contributed by atoms with Crippen molar-refractivity contribution in [2.45, 2.75) is 13.0 Å². The molecular weight excluding hydrogens is 397 g/mol. The fourth-order valence-corrected chi connectivity index (χ4v) is 4.06. The molecular formula is C25H18FNO4. The number of carbonyl (C=O) groups excluding carboxylic acids is 1. The summed E-state index contributed by atoms with van der Waals surface area (Å²) in [5.41, 5.74) is 2.45. The summed E-state index contributed by atoms with van der Waals surface area (Å²) < 4.78 is 24.8. The van der Waals surface area contributed by atoms with Crippen LogP contribution in [0, 0.1) is 12.7 Å². The minimum atomic E-state index is -0.738. The molecule has 1 atom stereocenters. The number of nitrogens with zero attached hydrogens (tertiary/aromatic N) is 1. The van der Waals surface area contributed by atoms with Crippen LogP contribution in [0.4, 0.5) is 10.1 Å². The standard InChI is InChI=1S/C25H18FNO4/c1-14-3-12-20-19(13-14)23(28)21-22(15-4-6-16(26)7-5-15)27(25(29)24(21)31-20)17-8-10-18(30-2)11-9-17/h3-13,22H,1-2H3. The minimum Gasteiger partial charge on any atom is -0.497 e. The van der Waals surface area contributed by atoms with Crippen molar-refractivity contribution in [3.63, 3.8) is 0 Å². The van der Waals surface area contributed by atoms with Crippen molar-refractivity contribution in [2.75, 3.05) is 12.0 Å². The van der Waals surface area contributed by atoms with Crippen molar-refractivity contribution in [3.05, 3.63) is 105 Å². The summed E-state index contributed by atoms with van der Waals surface area (Å²) in [5, 5.41) is 0.412. The smallest absolute Gasteiger partial charge is 0.295 e. The summed E-state index contributed by atoms with van der Waals surface area (Å²) in [6.07, 6.45) is 0. The zero-order chi connectivity index (χ0) is 21.7. The molecule has 5 rings (SSSR count). The molecule has 4 aromatic rings. The topological polar surface area (TPSA) is 59.8 Å². The largest absolute Gasteiger partial charge is 0.497 e. The maximum absolute atomic E-state index is 13.6. The lowest BCUT2D eigenvalue weighted by molar-refractivity contribution is 0.0971. The monoisotopic (exact) mass is 415 g/mol. The third-order valence-corrected chi connectivity index (χ3v) is 5.56. The first-order chi connectivity index (χ1) is 15.0. The molecule has 0 fully saturated rings. The van der Waals surface area contributed by atoms with Crippen molar-refractivity contribution >= 4 is 22.6 Å². The summed E-state index contributed by atoms with van der Waals surface area (Å²) in [5.74, 6) is -0.173. The predicted molar refractivity (Wildman–Crippen MR) is 115 cm³/mol. The molecule has 0 spiro atoms. The maximum Gasteiger partial charge on any atom is 0.295 e. The third kappa shape index (κ3) is 2.99. The number of benzene rings is 3. The molecule has 1 amide bonds. The lowest BCUT2D eigenvalue weighted by atomic mass is 9.98. The Morgan fingerprint density at radius 2 is 1.68 bits per heavy atom. The number of rotatable bonds is 3. The molecule has 0 bridgehead atoms. The summed E-state index contributed by atoms with van der Waals surface area (Å²) >= 11 is 0. The highest BCUT2D eigenvalue weighted by molar-refractivity contribution is 6.10. The number of fused-ring (bicyclic) bond motifs is 2. The van der Waals surface area contributed by atoms with E-state index >= 15 is 0 Å². The molecule has 0 saturated heterocycles. The Bertz CT molecular complexity index is 1370. The van der Waals surface area contributed by atoms with Gasteiger partial charge in [0.2, 0.25) is 5.76 Å². The second-order valence-electron chi connectivity index (χ2n) is 7.50. The summed E-state index contributed by atoms with van der Waals surface area (Å²) in [4.78, 5) is 28.5. The molecule has 0 saturated carbocycles. The van der Waals surface area contributed by atoms with Crippen molar-refractivity contribution in [1.29, 1.82) is 0 Å². The highest BCUT2D eigenvalue weighted by Gasteiger charge is 2.43. The van der Waals surface area contributed by atoms with Crippen LogP contribution >= 0.6 is 0 Å². The predicted octanol–water partition coefficient (Wildman–Crippen LogP) is 5.00. The van der Waals surface area contributed by atoms with E-state index < -0.39 is 17.8 Å². The molecule has 1 aromatic heterocycles. The van der Waals surface area contributed by atoms with E-state index in [0.717, 1.165) is 5.56 Å². The van der Waals surface area contributed by atoms with E-state index in [1.54, 1.807) is 55.6 Å². The van der Waals surface area contributed by atoms with Crippen molar-refractivity contribution in [2.24, 2.45) is 0 Å². The first kappa shape index (κ1) is 19.1. The van der Waals surface area contributed by atoms with Gasteiger partial charge in [-0.2, -0.15) is 0 Å². The van der Waals surface area contributed by atoms with Gasteiger partial charge in [0.1, 0.15) is 17.1 Å². The molecule has 154 valence electrons. The second kappa shape index (κ2) is 7.09. The van der Waals surface area contributed by atoms with Gasteiger partial charge in [-0.3, -0.25) is 14.5 Å². The molecule has 5 nitrogen and oxygen atoms in total. The number of aryl methyl sites for hydroxylation is 1. The lowest BCUT2D eigenvalue weighted by Gasteiger charge is -2.25. The van der Waals surface area contributed by atoms with Gasteiger partial charge in [0.25, 0.3) is 5.91 Å². The Balaban J connectivity index is 1.78. The van der Waals surface area contributed by atoms with Gasteiger partial charge in [-0.15, -0.1) is 0 Å². The second-order valence-corrected chi connectivity index (χ2v) is 7.50. The van der Waals surface area contributed by atoms with E-state index in [4.69, 9.17) is 9.15 Å². The molecule has 2 heterocycles. The number of anilines is 1. The molecule has 1 aliphatic heterocycles.